The first-order valence-corrected chi connectivity index (χ1v) is 8.45. The number of nitrogens with zero attached hydrogens (tertiary/aromatic N) is 2. The van der Waals surface area contributed by atoms with Crippen molar-refractivity contribution in [1.29, 1.82) is 0 Å². The molecule has 1 aromatic carbocycles. The van der Waals surface area contributed by atoms with Crippen LogP contribution in [0.2, 0.25) is 5.02 Å². The van der Waals surface area contributed by atoms with E-state index in [4.69, 9.17) is 11.6 Å². The largest absolute Gasteiger partial charge is 0.417 e. The Morgan fingerprint density at radius 3 is 2.35 bits per heavy atom. The summed E-state index contributed by atoms with van der Waals surface area (Å²) in [6.07, 6.45) is -3.85. The summed E-state index contributed by atoms with van der Waals surface area (Å²) in [6, 6.07) is 3.18. The number of hydrogen-bond donors (Lipinski definition) is 1. The summed E-state index contributed by atoms with van der Waals surface area (Å²) in [5.74, 6) is -0.623. The van der Waals surface area contributed by atoms with Crippen molar-refractivity contribution in [3.05, 3.63) is 28.8 Å². The molecule has 1 rings (SSSR count). The van der Waals surface area contributed by atoms with E-state index in [9.17, 15) is 22.8 Å². The SMILES string of the molecule is CC(=O)N(CCCN(C)C)CCC(=O)Nc1ccc(Cl)c(C(F)(F)F)c1. The zero-order chi connectivity index (χ0) is 19.9. The van der Waals surface area contributed by atoms with Crippen LogP contribution in [0.15, 0.2) is 18.2 Å². The number of nitrogens with one attached hydrogen (secondary N) is 1. The Morgan fingerprint density at radius 2 is 1.81 bits per heavy atom. The molecule has 0 unspecified atom stereocenters. The molecule has 0 spiro atoms. The predicted molar refractivity (Wildman–Crippen MR) is 95.1 cm³/mol. The molecule has 0 aliphatic rings. The van der Waals surface area contributed by atoms with Crippen molar-refractivity contribution in [2.75, 3.05) is 39.0 Å². The van der Waals surface area contributed by atoms with Crippen LogP contribution < -0.4 is 5.32 Å². The van der Waals surface area contributed by atoms with E-state index >= 15 is 0 Å². The van der Waals surface area contributed by atoms with E-state index in [-0.39, 0.29) is 24.6 Å². The second-order valence-corrected chi connectivity index (χ2v) is 6.56. The molecule has 0 heterocycles. The molecule has 0 radical (unpaired) electrons. The third kappa shape index (κ3) is 7.61. The molecule has 0 bridgehead atoms. The number of halogens is 4. The summed E-state index contributed by atoms with van der Waals surface area (Å²) < 4.78 is 38.5. The van der Waals surface area contributed by atoms with Crippen LogP contribution in [0.1, 0.15) is 25.3 Å². The Balaban J connectivity index is 2.61. The van der Waals surface area contributed by atoms with Crippen LogP contribution in [0.5, 0.6) is 0 Å². The molecule has 0 saturated carbocycles. The van der Waals surface area contributed by atoms with Crippen molar-refractivity contribution >= 4 is 29.1 Å². The maximum Gasteiger partial charge on any atom is 0.417 e. The summed E-state index contributed by atoms with van der Waals surface area (Å²) >= 11 is 5.55. The number of amides is 2. The van der Waals surface area contributed by atoms with Gasteiger partial charge >= 0.3 is 6.18 Å². The van der Waals surface area contributed by atoms with Gasteiger partial charge in [-0.25, -0.2) is 0 Å². The van der Waals surface area contributed by atoms with Gasteiger partial charge in [-0.2, -0.15) is 13.2 Å². The Hall–Kier alpha value is -1.80. The molecule has 2 amide bonds. The number of carbonyl (C=O) groups excluding carboxylic acids is 2. The highest BCUT2D eigenvalue weighted by molar-refractivity contribution is 6.31. The summed E-state index contributed by atoms with van der Waals surface area (Å²) in [5, 5.41) is 1.98. The fraction of sp³-hybridized carbons (Fsp3) is 0.529. The number of alkyl halides is 3. The van der Waals surface area contributed by atoms with Crippen molar-refractivity contribution in [1.82, 2.24) is 9.80 Å². The van der Waals surface area contributed by atoms with Crippen molar-refractivity contribution in [3.63, 3.8) is 0 Å². The van der Waals surface area contributed by atoms with Gasteiger partial charge in [-0.05, 0) is 45.3 Å². The average Bonchev–Trinajstić information content (AvgIpc) is 2.50. The number of benzene rings is 1. The highest BCUT2D eigenvalue weighted by atomic mass is 35.5. The molecule has 9 heteroatoms. The Morgan fingerprint density at radius 1 is 1.15 bits per heavy atom. The Labute approximate surface area is 156 Å². The fourth-order valence-electron chi connectivity index (χ4n) is 2.28. The van der Waals surface area contributed by atoms with E-state index < -0.39 is 22.7 Å². The summed E-state index contributed by atoms with van der Waals surface area (Å²) in [6.45, 7) is 2.94. The van der Waals surface area contributed by atoms with E-state index in [0.29, 0.717) is 6.54 Å². The lowest BCUT2D eigenvalue weighted by Crippen LogP contribution is -2.34. The molecule has 1 N–H and O–H groups in total. The monoisotopic (exact) mass is 393 g/mol. The molecular weight excluding hydrogens is 371 g/mol. The van der Waals surface area contributed by atoms with Crippen molar-refractivity contribution in [3.8, 4) is 0 Å². The van der Waals surface area contributed by atoms with Gasteiger partial charge < -0.3 is 15.1 Å². The molecule has 1 aromatic rings. The highest BCUT2D eigenvalue weighted by Crippen LogP contribution is 2.36. The van der Waals surface area contributed by atoms with E-state index in [2.05, 4.69) is 5.32 Å². The molecule has 5 nitrogen and oxygen atoms in total. The van der Waals surface area contributed by atoms with Crippen molar-refractivity contribution < 1.29 is 22.8 Å². The van der Waals surface area contributed by atoms with Gasteiger partial charge in [0.25, 0.3) is 0 Å². The predicted octanol–water partition coefficient (Wildman–Crippen LogP) is 3.49. The first-order chi connectivity index (χ1) is 12.0. The fourth-order valence-corrected chi connectivity index (χ4v) is 2.51. The minimum atomic E-state index is -4.60. The molecule has 0 aliphatic carbocycles. The van der Waals surface area contributed by atoms with E-state index in [1.165, 1.54) is 13.0 Å². The van der Waals surface area contributed by atoms with Crippen LogP contribution in [-0.2, 0) is 15.8 Å². The molecule has 0 atom stereocenters. The van der Waals surface area contributed by atoms with Gasteiger partial charge in [-0.15, -0.1) is 0 Å². The van der Waals surface area contributed by atoms with Crippen molar-refractivity contribution in [2.45, 2.75) is 25.9 Å². The Bertz CT molecular complexity index is 636. The molecule has 0 saturated heterocycles. The maximum absolute atomic E-state index is 12.8. The Kier molecular flexibility index (Phi) is 8.36. The summed E-state index contributed by atoms with van der Waals surface area (Å²) in [4.78, 5) is 27.2. The molecule has 0 fully saturated rings. The van der Waals surface area contributed by atoms with Crippen LogP contribution in [-0.4, -0.2) is 55.3 Å². The number of anilines is 1. The van der Waals surface area contributed by atoms with Gasteiger partial charge in [0.15, 0.2) is 0 Å². The minimum Gasteiger partial charge on any atom is -0.342 e. The molecule has 0 aliphatic heterocycles. The maximum atomic E-state index is 12.8. The normalized spacial score (nSPS) is 11.5. The number of hydrogen-bond acceptors (Lipinski definition) is 3. The molecule has 26 heavy (non-hydrogen) atoms. The van der Waals surface area contributed by atoms with E-state index in [1.54, 1.807) is 4.90 Å². The standard InChI is InChI=1S/C17H23ClF3N3O2/c1-12(25)24(9-4-8-23(2)3)10-7-16(26)22-13-5-6-15(18)14(11-13)17(19,20)21/h5-6,11H,4,7-10H2,1-3H3,(H,22,26). The topological polar surface area (TPSA) is 52.7 Å². The quantitative estimate of drug-likeness (QED) is 0.735. The van der Waals surface area contributed by atoms with Crippen LogP contribution >= 0.6 is 11.6 Å². The van der Waals surface area contributed by atoms with Gasteiger partial charge in [0.1, 0.15) is 0 Å². The van der Waals surface area contributed by atoms with Crippen LogP contribution in [0.25, 0.3) is 0 Å². The third-order valence-electron chi connectivity index (χ3n) is 3.64. The smallest absolute Gasteiger partial charge is 0.342 e. The minimum absolute atomic E-state index is 0.00806. The van der Waals surface area contributed by atoms with Crippen LogP contribution in [0.3, 0.4) is 0 Å². The lowest BCUT2D eigenvalue weighted by atomic mass is 10.2. The first-order valence-electron chi connectivity index (χ1n) is 8.07. The van der Waals surface area contributed by atoms with Gasteiger partial charge in [0, 0.05) is 32.1 Å². The lowest BCUT2D eigenvalue weighted by Gasteiger charge is -2.22. The molecule has 146 valence electrons. The highest BCUT2D eigenvalue weighted by Gasteiger charge is 2.33. The summed E-state index contributed by atoms with van der Waals surface area (Å²) in [5.41, 5.74) is -1.00. The lowest BCUT2D eigenvalue weighted by molar-refractivity contribution is -0.137. The second kappa shape index (κ2) is 9.78. The van der Waals surface area contributed by atoms with E-state index in [1.807, 2.05) is 19.0 Å². The second-order valence-electron chi connectivity index (χ2n) is 6.15. The zero-order valence-electron chi connectivity index (χ0n) is 15.0. The molecular formula is C17H23ClF3N3O2. The third-order valence-corrected chi connectivity index (χ3v) is 3.97. The zero-order valence-corrected chi connectivity index (χ0v) is 15.7. The first kappa shape index (κ1) is 22.2. The van der Waals surface area contributed by atoms with Gasteiger partial charge in [0.05, 0.1) is 10.6 Å². The van der Waals surface area contributed by atoms with Crippen LogP contribution in [0.4, 0.5) is 18.9 Å². The average molecular weight is 394 g/mol. The van der Waals surface area contributed by atoms with E-state index in [0.717, 1.165) is 25.1 Å². The van der Waals surface area contributed by atoms with Gasteiger partial charge in [-0.1, -0.05) is 11.6 Å². The number of rotatable bonds is 8. The van der Waals surface area contributed by atoms with Gasteiger partial charge in [-0.3, -0.25) is 9.59 Å². The number of carbonyl (C=O) groups is 2. The van der Waals surface area contributed by atoms with Gasteiger partial charge in [0.2, 0.25) is 11.8 Å². The summed E-state index contributed by atoms with van der Waals surface area (Å²) in [7, 11) is 3.85. The molecule has 0 aromatic heterocycles. The van der Waals surface area contributed by atoms with Crippen molar-refractivity contribution in [2.24, 2.45) is 0 Å². The van der Waals surface area contributed by atoms with Crippen LogP contribution in [0, 0.1) is 0 Å².